The topological polar surface area (TPSA) is 47.3 Å². The Morgan fingerprint density at radius 1 is 1.30 bits per heavy atom. The number of ether oxygens (including phenoxy) is 1. The van der Waals surface area contributed by atoms with Crippen molar-refractivity contribution >= 4 is 0 Å². The zero-order chi connectivity index (χ0) is 15.2. The summed E-state index contributed by atoms with van der Waals surface area (Å²) in [5.74, 6) is 2.09. The van der Waals surface area contributed by atoms with E-state index < -0.39 is 19.0 Å². The maximum absolute atomic E-state index is 12.8. The van der Waals surface area contributed by atoms with Gasteiger partial charge in [-0.2, -0.15) is 8.78 Å². The summed E-state index contributed by atoms with van der Waals surface area (Å²) in [5, 5.41) is 0. The highest BCUT2D eigenvalue weighted by molar-refractivity contribution is 4.83. The number of alkyl halides is 4. The molecule has 0 saturated heterocycles. The molecule has 3 nitrogen and oxygen atoms in total. The summed E-state index contributed by atoms with van der Waals surface area (Å²) in [6.45, 7) is 0.745. The van der Waals surface area contributed by atoms with Crippen LogP contribution in [0.3, 0.4) is 0 Å². The van der Waals surface area contributed by atoms with Crippen LogP contribution in [0.4, 0.5) is 17.6 Å². The number of nitrogens with one attached hydrogen (secondary N) is 1. The zero-order valence-corrected chi connectivity index (χ0v) is 11.8. The van der Waals surface area contributed by atoms with Crippen LogP contribution >= 0.6 is 0 Å². The minimum absolute atomic E-state index is 0.0695. The largest absolute Gasteiger partial charge is 0.373 e. The Kier molecular flexibility index (Phi) is 7.19. The molecule has 120 valence electrons. The molecule has 3 N–H and O–H groups in total. The molecular weight excluding hydrogens is 276 g/mol. The van der Waals surface area contributed by atoms with Gasteiger partial charge < -0.3 is 4.74 Å². The zero-order valence-electron chi connectivity index (χ0n) is 11.8. The van der Waals surface area contributed by atoms with Gasteiger partial charge in [-0.15, -0.1) is 0 Å². The lowest BCUT2D eigenvalue weighted by Crippen LogP contribution is -2.48. The molecule has 0 aromatic carbocycles. The molecule has 0 heterocycles. The van der Waals surface area contributed by atoms with Crippen LogP contribution in [0.25, 0.3) is 0 Å². The molecule has 3 unspecified atom stereocenters. The van der Waals surface area contributed by atoms with Crippen molar-refractivity contribution in [3.63, 3.8) is 0 Å². The minimum Gasteiger partial charge on any atom is -0.373 e. The highest BCUT2D eigenvalue weighted by Gasteiger charge is 2.41. The monoisotopic (exact) mass is 300 g/mol. The molecule has 7 heteroatoms. The fraction of sp³-hybridized carbons (Fsp3) is 1.00. The van der Waals surface area contributed by atoms with Gasteiger partial charge in [-0.1, -0.05) is 32.6 Å². The number of hydrogen-bond donors (Lipinski definition) is 2. The van der Waals surface area contributed by atoms with E-state index in [0.717, 1.165) is 32.1 Å². The first-order chi connectivity index (χ1) is 9.42. The quantitative estimate of drug-likeness (QED) is 0.411. The van der Waals surface area contributed by atoms with Gasteiger partial charge in [0.15, 0.2) is 0 Å². The molecule has 1 aliphatic carbocycles. The second-order valence-corrected chi connectivity index (χ2v) is 5.47. The summed E-state index contributed by atoms with van der Waals surface area (Å²) in [6.07, 6.45) is 1.58. The van der Waals surface area contributed by atoms with E-state index in [1.807, 2.05) is 0 Å². The van der Waals surface area contributed by atoms with Crippen molar-refractivity contribution in [3.05, 3.63) is 0 Å². The van der Waals surface area contributed by atoms with E-state index in [2.05, 4.69) is 12.3 Å². The third-order valence-corrected chi connectivity index (χ3v) is 4.13. The molecule has 0 radical (unpaired) electrons. The van der Waals surface area contributed by atoms with Gasteiger partial charge >= 0.3 is 12.3 Å². The van der Waals surface area contributed by atoms with Crippen LogP contribution in [0, 0.1) is 11.8 Å². The van der Waals surface area contributed by atoms with Crippen molar-refractivity contribution in [1.29, 1.82) is 0 Å². The molecule has 3 atom stereocenters. The predicted molar refractivity (Wildman–Crippen MR) is 68.6 cm³/mol. The number of hydrazine groups is 1. The molecule has 0 spiro atoms. The summed E-state index contributed by atoms with van der Waals surface area (Å²) in [4.78, 5) is 0. The number of hydrogen-bond acceptors (Lipinski definition) is 3. The molecule has 1 fully saturated rings. The van der Waals surface area contributed by atoms with Crippen LogP contribution in [-0.4, -0.2) is 31.6 Å². The van der Waals surface area contributed by atoms with Crippen molar-refractivity contribution in [2.45, 2.75) is 57.4 Å². The van der Waals surface area contributed by atoms with Crippen LogP contribution in [0.1, 0.15) is 39.0 Å². The van der Waals surface area contributed by atoms with E-state index in [0.29, 0.717) is 5.92 Å². The fourth-order valence-electron chi connectivity index (χ4n) is 2.95. The first-order valence-electron chi connectivity index (χ1n) is 7.12. The number of rotatable bonds is 8. The molecular formula is C13H24F4N2O. The van der Waals surface area contributed by atoms with E-state index in [4.69, 9.17) is 10.6 Å². The van der Waals surface area contributed by atoms with Crippen molar-refractivity contribution in [2.75, 3.05) is 13.2 Å². The van der Waals surface area contributed by atoms with Crippen molar-refractivity contribution in [1.82, 2.24) is 5.43 Å². The normalized spacial score (nSPS) is 25.9. The van der Waals surface area contributed by atoms with Crippen LogP contribution < -0.4 is 11.3 Å². The summed E-state index contributed by atoms with van der Waals surface area (Å²) < 4.78 is 54.3. The standard InChI is InChI=1S/C13H24F4N2O/c1-2-9-5-3-4-6-10(9)11(19-18)7-20-8-13(16,17)12(14)15/h9-12,19H,2-8,18H2,1H3. The average molecular weight is 300 g/mol. The molecule has 0 aromatic heterocycles. The van der Waals surface area contributed by atoms with E-state index in [1.54, 1.807) is 0 Å². The Hall–Kier alpha value is -0.400. The fourth-order valence-corrected chi connectivity index (χ4v) is 2.95. The Balaban J connectivity index is 2.46. The molecule has 1 rings (SSSR count). The van der Waals surface area contributed by atoms with E-state index in [-0.39, 0.29) is 18.6 Å². The van der Waals surface area contributed by atoms with E-state index >= 15 is 0 Å². The molecule has 1 aliphatic rings. The van der Waals surface area contributed by atoms with Crippen molar-refractivity contribution < 1.29 is 22.3 Å². The van der Waals surface area contributed by atoms with Crippen LogP contribution in [0.15, 0.2) is 0 Å². The summed E-state index contributed by atoms with van der Waals surface area (Å²) in [6, 6.07) is -0.270. The van der Waals surface area contributed by atoms with Gasteiger partial charge in [0.25, 0.3) is 0 Å². The molecule has 20 heavy (non-hydrogen) atoms. The molecule has 0 bridgehead atoms. The third-order valence-electron chi connectivity index (χ3n) is 4.13. The maximum atomic E-state index is 12.8. The summed E-state index contributed by atoms with van der Waals surface area (Å²) in [7, 11) is 0. The van der Waals surface area contributed by atoms with Gasteiger partial charge in [-0.25, -0.2) is 8.78 Å². The molecule has 0 aliphatic heterocycles. The van der Waals surface area contributed by atoms with E-state index in [1.165, 1.54) is 0 Å². The lowest BCUT2D eigenvalue weighted by Gasteiger charge is -2.36. The lowest BCUT2D eigenvalue weighted by atomic mass is 9.74. The van der Waals surface area contributed by atoms with Gasteiger partial charge in [0.1, 0.15) is 6.61 Å². The van der Waals surface area contributed by atoms with E-state index in [9.17, 15) is 17.6 Å². The SMILES string of the molecule is CCC1CCCCC1C(COCC(F)(F)C(F)F)NN. The van der Waals surface area contributed by atoms with Gasteiger partial charge in [0, 0.05) is 6.04 Å². The van der Waals surface area contributed by atoms with Crippen LogP contribution in [-0.2, 0) is 4.74 Å². The summed E-state index contributed by atoms with van der Waals surface area (Å²) >= 11 is 0. The highest BCUT2D eigenvalue weighted by Crippen LogP contribution is 2.34. The molecule has 0 aromatic rings. The Morgan fingerprint density at radius 2 is 1.95 bits per heavy atom. The lowest BCUT2D eigenvalue weighted by molar-refractivity contribution is -0.168. The second kappa shape index (κ2) is 8.14. The third kappa shape index (κ3) is 4.86. The average Bonchev–Trinajstić information content (AvgIpc) is 2.43. The molecule has 1 saturated carbocycles. The Morgan fingerprint density at radius 3 is 2.50 bits per heavy atom. The van der Waals surface area contributed by atoms with Gasteiger partial charge in [0.05, 0.1) is 6.61 Å². The van der Waals surface area contributed by atoms with Crippen molar-refractivity contribution in [2.24, 2.45) is 17.7 Å². The predicted octanol–water partition coefficient (Wildman–Crippen LogP) is 2.95. The van der Waals surface area contributed by atoms with Crippen LogP contribution in [0.2, 0.25) is 0 Å². The van der Waals surface area contributed by atoms with Crippen molar-refractivity contribution in [3.8, 4) is 0 Å². The highest BCUT2D eigenvalue weighted by atomic mass is 19.3. The maximum Gasteiger partial charge on any atom is 0.330 e. The van der Waals surface area contributed by atoms with Crippen LogP contribution in [0.5, 0.6) is 0 Å². The second-order valence-electron chi connectivity index (χ2n) is 5.47. The number of halogens is 4. The van der Waals surface area contributed by atoms with Gasteiger partial charge in [-0.3, -0.25) is 11.3 Å². The smallest absolute Gasteiger partial charge is 0.330 e. The first kappa shape index (κ1) is 17.7. The Bertz CT molecular complexity index is 279. The van der Waals surface area contributed by atoms with Gasteiger partial charge in [0.2, 0.25) is 0 Å². The molecule has 0 amide bonds. The number of nitrogens with two attached hydrogens (primary N) is 1. The Labute approximate surface area is 117 Å². The summed E-state index contributed by atoms with van der Waals surface area (Å²) in [5.41, 5.74) is 2.59. The van der Waals surface area contributed by atoms with Gasteiger partial charge in [-0.05, 0) is 18.3 Å². The first-order valence-corrected chi connectivity index (χ1v) is 7.12. The minimum atomic E-state index is -4.10.